The maximum Gasteiger partial charge on any atom is 0.138 e. The predicted molar refractivity (Wildman–Crippen MR) is 74.0 cm³/mol. The molecule has 0 aromatic heterocycles. The third kappa shape index (κ3) is 3.27. The van der Waals surface area contributed by atoms with Crippen LogP contribution in [0.15, 0.2) is 12.1 Å². The first-order valence-electron chi connectivity index (χ1n) is 5.83. The van der Waals surface area contributed by atoms with Crippen LogP contribution in [0.25, 0.3) is 0 Å². The monoisotopic (exact) mass is 275 g/mol. The van der Waals surface area contributed by atoms with Crippen molar-refractivity contribution < 1.29 is 4.74 Å². The van der Waals surface area contributed by atoms with Crippen molar-refractivity contribution in [3.63, 3.8) is 0 Å². The molecule has 0 radical (unpaired) electrons. The van der Waals surface area contributed by atoms with Crippen LogP contribution >= 0.6 is 23.2 Å². The lowest BCUT2D eigenvalue weighted by Gasteiger charge is -2.23. The molecule has 17 heavy (non-hydrogen) atoms. The van der Waals surface area contributed by atoms with Crippen molar-refractivity contribution >= 4 is 23.2 Å². The largest absolute Gasteiger partial charge is 0.495 e. The Balaban J connectivity index is 3.09. The summed E-state index contributed by atoms with van der Waals surface area (Å²) in [6, 6.07) is 3.45. The molecule has 1 unspecified atom stereocenters. The summed E-state index contributed by atoms with van der Waals surface area (Å²) in [7, 11) is 1.57. The summed E-state index contributed by atoms with van der Waals surface area (Å²) in [4.78, 5) is 0. The quantitative estimate of drug-likeness (QED) is 0.863. The average Bonchev–Trinajstić information content (AvgIpc) is 2.32. The Hall–Kier alpha value is -0.440. The maximum atomic E-state index is 6.24. The first-order chi connectivity index (χ1) is 8.04. The van der Waals surface area contributed by atoms with E-state index in [0.29, 0.717) is 21.7 Å². The van der Waals surface area contributed by atoms with Gasteiger partial charge >= 0.3 is 0 Å². The highest BCUT2D eigenvalue weighted by molar-refractivity contribution is 6.34. The van der Waals surface area contributed by atoms with E-state index in [1.165, 1.54) is 0 Å². The molecule has 1 aromatic carbocycles. The number of rotatable bonds is 5. The van der Waals surface area contributed by atoms with Gasteiger partial charge in [0.2, 0.25) is 0 Å². The van der Waals surface area contributed by atoms with Gasteiger partial charge in [-0.25, -0.2) is 0 Å². The van der Waals surface area contributed by atoms with Crippen LogP contribution in [0.4, 0.5) is 0 Å². The minimum atomic E-state index is -0.0825. The normalized spacial score (nSPS) is 12.9. The molecule has 1 atom stereocenters. The van der Waals surface area contributed by atoms with E-state index in [2.05, 4.69) is 13.8 Å². The number of methoxy groups -OCH3 is 1. The second kappa shape index (κ2) is 6.48. The van der Waals surface area contributed by atoms with Crippen LogP contribution in [0.5, 0.6) is 5.75 Å². The molecule has 1 rings (SSSR count). The van der Waals surface area contributed by atoms with Gasteiger partial charge in [-0.1, -0.05) is 49.9 Å². The number of ether oxygens (including phenoxy) is 1. The zero-order valence-corrected chi connectivity index (χ0v) is 12.0. The van der Waals surface area contributed by atoms with E-state index in [9.17, 15) is 0 Å². The second-order valence-corrected chi connectivity index (χ2v) is 4.93. The van der Waals surface area contributed by atoms with Crippen LogP contribution < -0.4 is 10.5 Å². The average molecular weight is 276 g/mol. The van der Waals surface area contributed by atoms with Crippen LogP contribution in [0.2, 0.25) is 10.0 Å². The Morgan fingerprint density at radius 2 is 1.76 bits per heavy atom. The summed E-state index contributed by atoms with van der Waals surface area (Å²) in [6.45, 7) is 4.26. The van der Waals surface area contributed by atoms with E-state index >= 15 is 0 Å². The molecule has 0 bridgehead atoms. The highest BCUT2D eigenvalue weighted by Crippen LogP contribution is 2.36. The van der Waals surface area contributed by atoms with E-state index in [-0.39, 0.29) is 6.04 Å². The fourth-order valence-corrected chi connectivity index (χ4v) is 2.54. The third-order valence-corrected chi connectivity index (χ3v) is 3.81. The first kappa shape index (κ1) is 14.6. The zero-order chi connectivity index (χ0) is 13.0. The van der Waals surface area contributed by atoms with E-state index in [0.717, 1.165) is 18.4 Å². The SMILES string of the molecule is CCC(CC)C(N)c1cc(Cl)c(OC)cc1Cl. The van der Waals surface area contributed by atoms with Crippen LogP contribution in [0, 0.1) is 5.92 Å². The molecule has 2 nitrogen and oxygen atoms in total. The van der Waals surface area contributed by atoms with E-state index in [1.807, 2.05) is 6.07 Å². The lowest BCUT2D eigenvalue weighted by Crippen LogP contribution is -2.20. The summed E-state index contributed by atoms with van der Waals surface area (Å²) in [5.41, 5.74) is 7.13. The van der Waals surface area contributed by atoms with Gasteiger partial charge in [-0.3, -0.25) is 0 Å². The summed E-state index contributed by atoms with van der Waals surface area (Å²) in [5, 5.41) is 1.17. The Bertz CT molecular complexity index is 378. The first-order valence-corrected chi connectivity index (χ1v) is 6.59. The molecule has 0 saturated heterocycles. The molecule has 0 spiro atoms. The molecule has 2 N–H and O–H groups in total. The summed E-state index contributed by atoms with van der Waals surface area (Å²) in [5.74, 6) is 0.995. The Morgan fingerprint density at radius 1 is 1.18 bits per heavy atom. The lowest BCUT2D eigenvalue weighted by molar-refractivity contribution is 0.402. The molecule has 1 aromatic rings. The van der Waals surface area contributed by atoms with Crippen molar-refractivity contribution in [2.24, 2.45) is 11.7 Å². The number of halogens is 2. The molecule has 4 heteroatoms. The number of hydrogen-bond acceptors (Lipinski definition) is 2. The van der Waals surface area contributed by atoms with Crippen LogP contribution in [0.3, 0.4) is 0 Å². The van der Waals surface area contributed by atoms with Crippen molar-refractivity contribution in [2.75, 3.05) is 7.11 Å². The fourth-order valence-electron chi connectivity index (χ4n) is 2.01. The van der Waals surface area contributed by atoms with Gasteiger partial charge in [0.15, 0.2) is 0 Å². The van der Waals surface area contributed by atoms with E-state index in [1.54, 1.807) is 13.2 Å². The van der Waals surface area contributed by atoms with Crippen molar-refractivity contribution in [3.05, 3.63) is 27.7 Å². The lowest BCUT2D eigenvalue weighted by atomic mass is 9.89. The van der Waals surface area contributed by atoms with Gasteiger partial charge in [0.05, 0.1) is 12.1 Å². The molecule has 0 aliphatic rings. The summed E-state index contributed by atoms with van der Waals surface area (Å²) >= 11 is 12.3. The van der Waals surface area contributed by atoms with Crippen molar-refractivity contribution in [3.8, 4) is 5.75 Å². The van der Waals surface area contributed by atoms with E-state index in [4.69, 9.17) is 33.7 Å². The summed E-state index contributed by atoms with van der Waals surface area (Å²) in [6.07, 6.45) is 2.05. The fraction of sp³-hybridized carbons (Fsp3) is 0.538. The molecule has 0 heterocycles. The van der Waals surface area contributed by atoms with E-state index < -0.39 is 0 Å². The minimum absolute atomic E-state index is 0.0825. The highest BCUT2D eigenvalue weighted by Gasteiger charge is 2.20. The van der Waals surface area contributed by atoms with Gasteiger partial charge in [0, 0.05) is 17.1 Å². The molecule has 0 saturated carbocycles. The van der Waals surface area contributed by atoms with Gasteiger partial charge in [-0.05, 0) is 17.5 Å². The summed E-state index contributed by atoms with van der Waals surface area (Å²) < 4.78 is 5.12. The van der Waals surface area contributed by atoms with Gasteiger partial charge in [0.25, 0.3) is 0 Å². The molecular weight excluding hydrogens is 257 g/mol. The van der Waals surface area contributed by atoms with Crippen molar-refractivity contribution in [2.45, 2.75) is 32.7 Å². The van der Waals surface area contributed by atoms with Gasteiger partial charge in [-0.15, -0.1) is 0 Å². The molecular formula is C13H19Cl2NO. The van der Waals surface area contributed by atoms with Crippen LogP contribution in [-0.4, -0.2) is 7.11 Å². The molecule has 0 aliphatic carbocycles. The minimum Gasteiger partial charge on any atom is -0.495 e. The Morgan fingerprint density at radius 3 is 2.24 bits per heavy atom. The highest BCUT2D eigenvalue weighted by atomic mass is 35.5. The maximum absolute atomic E-state index is 6.24. The zero-order valence-electron chi connectivity index (χ0n) is 10.5. The number of hydrogen-bond donors (Lipinski definition) is 1. The molecule has 0 amide bonds. The van der Waals surface area contributed by atoms with Crippen molar-refractivity contribution in [1.29, 1.82) is 0 Å². The number of benzene rings is 1. The third-order valence-electron chi connectivity index (χ3n) is 3.19. The Labute approximate surface area is 113 Å². The second-order valence-electron chi connectivity index (χ2n) is 4.11. The topological polar surface area (TPSA) is 35.2 Å². The van der Waals surface area contributed by atoms with Gasteiger partial charge in [0.1, 0.15) is 5.75 Å². The Kier molecular flexibility index (Phi) is 5.57. The molecule has 0 fully saturated rings. The molecule has 0 aliphatic heterocycles. The van der Waals surface area contributed by atoms with Crippen molar-refractivity contribution in [1.82, 2.24) is 0 Å². The number of nitrogens with two attached hydrogens (primary N) is 1. The van der Waals surface area contributed by atoms with Crippen LogP contribution in [0.1, 0.15) is 38.3 Å². The van der Waals surface area contributed by atoms with Gasteiger partial charge in [-0.2, -0.15) is 0 Å². The van der Waals surface area contributed by atoms with Crippen LogP contribution in [-0.2, 0) is 0 Å². The predicted octanol–water partition coefficient (Wildman–Crippen LogP) is 4.44. The van der Waals surface area contributed by atoms with Gasteiger partial charge < -0.3 is 10.5 Å². The molecule has 96 valence electrons. The standard InChI is InChI=1S/C13H19Cl2NO/c1-4-8(5-2)13(16)9-6-11(15)12(17-3)7-10(9)14/h6-8,13H,4-5,16H2,1-3H3. The smallest absolute Gasteiger partial charge is 0.138 e.